The van der Waals surface area contributed by atoms with E-state index in [0.717, 1.165) is 0 Å². The van der Waals surface area contributed by atoms with Gasteiger partial charge in [0.15, 0.2) is 0 Å². The normalized spacial score (nSPS) is 9.75. The molecule has 2 heteroatoms. The van der Waals surface area contributed by atoms with Gasteiger partial charge < -0.3 is 0 Å². The maximum Gasteiger partial charge on any atom is 0.116 e. The van der Waals surface area contributed by atoms with Gasteiger partial charge in [0, 0.05) is 0 Å². The predicted octanol–water partition coefficient (Wildman–Crippen LogP) is 2.47. The molecule has 0 heterocycles. The standard InChI is InChI=1S/C6H7FS/c1-5(7)3-4-6(2)8/h3-4,8H,1-2H2/b4-3-. The molecule has 0 aliphatic heterocycles. The first-order valence-electron chi connectivity index (χ1n) is 2.03. The SMILES string of the molecule is C=C(F)/C=C\C(=C)S. The van der Waals surface area contributed by atoms with Gasteiger partial charge in [-0.1, -0.05) is 13.2 Å². The van der Waals surface area contributed by atoms with Crippen molar-refractivity contribution in [3.63, 3.8) is 0 Å². The van der Waals surface area contributed by atoms with Crippen molar-refractivity contribution in [3.8, 4) is 0 Å². The number of rotatable bonds is 2. The molecule has 0 aromatic carbocycles. The quantitative estimate of drug-likeness (QED) is 0.431. The van der Waals surface area contributed by atoms with E-state index in [9.17, 15) is 4.39 Å². The van der Waals surface area contributed by atoms with Crippen LogP contribution < -0.4 is 0 Å². The van der Waals surface area contributed by atoms with Crippen LogP contribution in [0.4, 0.5) is 4.39 Å². The van der Waals surface area contributed by atoms with Crippen molar-refractivity contribution in [2.75, 3.05) is 0 Å². The molecule has 0 amide bonds. The molecule has 0 saturated heterocycles. The molecule has 0 rings (SSSR count). The lowest BCUT2D eigenvalue weighted by atomic mass is 10.4. The fourth-order valence-corrected chi connectivity index (χ4v) is 0.261. The Labute approximate surface area is 53.8 Å². The molecule has 0 unspecified atom stereocenters. The van der Waals surface area contributed by atoms with E-state index in [0.29, 0.717) is 4.91 Å². The van der Waals surface area contributed by atoms with Gasteiger partial charge in [-0.25, -0.2) is 4.39 Å². The highest BCUT2D eigenvalue weighted by atomic mass is 32.1. The molecular formula is C6H7FS. The minimum Gasteiger partial charge on any atom is -0.208 e. The summed E-state index contributed by atoms with van der Waals surface area (Å²) in [5.41, 5.74) is 0. The molecule has 0 spiro atoms. The molecule has 0 N–H and O–H groups in total. The third-order valence-corrected chi connectivity index (χ3v) is 0.606. The molecule has 0 aliphatic carbocycles. The molecule has 0 atom stereocenters. The minimum absolute atomic E-state index is 0.486. The second-order valence-corrected chi connectivity index (χ2v) is 1.85. The Balaban J connectivity index is 3.67. The topological polar surface area (TPSA) is 0 Å². The van der Waals surface area contributed by atoms with Gasteiger partial charge in [0.25, 0.3) is 0 Å². The van der Waals surface area contributed by atoms with Crippen molar-refractivity contribution < 1.29 is 4.39 Å². The van der Waals surface area contributed by atoms with Crippen LogP contribution in [0, 0.1) is 0 Å². The summed E-state index contributed by atoms with van der Waals surface area (Å²) < 4.78 is 11.7. The Morgan fingerprint density at radius 3 is 2.00 bits per heavy atom. The number of allylic oxidation sites excluding steroid dienone is 3. The zero-order chi connectivity index (χ0) is 6.57. The van der Waals surface area contributed by atoms with E-state index >= 15 is 0 Å². The summed E-state index contributed by atoms with van der Waals surface area (Å²) in [4.78, 5) is 0.517. The van der Waals surface area contributed by atoms with Crippen molar-refractivity contribution in [2.45, 2.75) is 0 Å². The molecule has 0 aromatic rings. The average molecular weight is 130 g/mol. The van der Waals surface area contributed by atoms with Crippen LogP contribution in [0.1, 0.15) is 0 Å². The number of thiol groups is 1. The Morgan fingerprint density at radius 2 is 1.88 bits per heavy atom. The molecule has 0 nitrogen and oxygen atoms in total. The Hall–Kier alpha value is -0.500. The van der Waals surface area contributed by atoms with Crippen molar-refractivity contribution in [3.05, 3.63) is 36.0 Å². The first-order valence-corrected chi connectivity index (χ1v) is 2.48. The summed E-state index contributed by atoms with van der Waals surface area (Å²) in [7, 11) is 0. The Kier molecular flexibility index (Phi) is 3.28. The molecule has 0 fully saturated rings. The second kappa shape index (κ2) is 3.50. The number of halogens is 1. The highest BCUT2D eigenvalue weighted by molar-refractivity contribution is 7.84. The van der Waals surface area contributed by atoms with Crippen molar-refractivity contribution in [1.29, 1.82) is 0 Å². The average Bonchev–Trinajstić information content (AvgIpc) is 1.61. The summed E-state index contributed by atoms with van der Waals surface area (Å²) in [6, 6.07) is 0. The molecule has 8 heavy (non-hydrogen) atoms. The summed E-state index contributed by atoms with van der Waals surface area (Å²) in [5.74, 6) is -0.486. The monoisotopic (exact) mass is 130 g/mol. The van der Waals surface area contributed by atoms with E-state index in [-0.39, 0.29) is 0 Å². The molecule has 0 bridgehead atoms. The van der Waals surface area contributed by atoms with Crippen LogP contribution in [0.5, 0.6) is 0 Å². The number of hydrogen-bond donors (Lipinski definition) is 1. The maximum absolute atomic E-state index is 11.7. The van der Waals surface area contributed by atoms with Gasteiger partial charge in [-0.05, 0) is 17.1 Å². The highest BCUT2D eigenvalue weighted by Crippen LogP contribution is 2.00. The fraction of sp³-hybridized carbons (Fsp3) is 0. The van der Waals surface area contributed by atoms with Crippen LogP contribution in [0.3, 0.4) is 0 Å². The summed E-state index contributed by atoms with van der Waals surface area (Å²) >= 11 is 3.78. The van der Waals surface area contributed by atoms with Crippen molar-refractivity contribution in [1.82, 2.24) is 0 Å². The van der Waals surface area contributed by atoms with Gasteiger partial charge >= 0.3 is 0 Å². The third-order valence-electron chi connectivity index (χ3n) is 0.457. The van der Waals surface area contributed by atoms with Gasteiger partial charge in [0.2, 0.25) is 0 Å². The smallest absolute Gasteiger partial charge is 0.116 e. The molecular weight excluding hydrogens is 123 g/mol. The second-order valence-electron chi connectivity index (χ2n) is 1.27. The number of hydrogen-bond acceptors (Lipinski definition) is 1. The van der Waals surface area contributed by atoms with Crippen LogP contribution in [0.25, 0.3) is 0 Å². The largest absolute Gasteiger partial charge is 0.208 e. The zero-order valence-corrected chi connectivity index (χ0v) is 5.29. The van der Waals surface area contributed by atoms with Gasteiger partial charge in [0.1, 0.15) is 5.83 Å². The van der Waals surface area contributed by atoms with E-state index in [2.05, 4.69) is 25.8 Å². The van der Waals surface area contributed by atoms with Gasteiger partial charge in [0.05, 0.1) is 0 Å². The van der Waals surface area contributed by atoms with E-state index in [1.54, 1.807) is 0 Å². The van der Waals surface area contributed by atoms with E-state index < -0.39 is 5.83 Å². The summed E-state index contributed by atoms with van der Waals surface area (Å²) in [5, 5.41) is 0. The molecule has 0 saturated carbocycles. The molecule has 0 aromatic heterocycles. The van der Waals surface area contributed by atoms with E-state index in [1.807, 2.05) is 0 Å². The summed E-state index contributed by atoms with van der Waals surface area (Å²) in [6.07, 6.45) is 2.64. The molecule has 0 aliphatic rings. The predicted molar refractivity (Wildman–Crippen MR) is 37.5 cm³/mol. The first-order chi connectivity index (χ1) is 3.63. The van der Waals surface area contributed by atoms with Crippen LogP contribution in [0.2, 0.25) is 0 Å². The summed E-state index contributed by atoms with van der Waals surface area (Å²) in [6.45, 7) is 6.40. The first kappa shape index (κ1) is 7.50. The lowest BCUT2D eigenvalue weighted by molar-refractivity contribution is 0.671. The highest BCUT2D eigenvalue weighted by Gasteiger charge is 1.77. The molecule has 0 radical (unpaired) electrons. The maximum atomic E-state index is 11.7. The van der Waals surface area contributed by atoms with Gasteiger partial charge in [-0.15, -0.1) is 12.6 Å². The van der Waals surface area contributed by atoms with Gasteiger partial charge in [-0.3, -0.25) is 0 Å². The fourth-order valence-electron chi connectivity index (χ4n) is 0.187. The van der Waals surface area contributed by atoms with Crippen LogP contribution in [-0.2, 0) is 0 Å². The van der Waals surface area contributed by atoms with Crippen LogP contribution in [0.15, 0.2) is 36.0 Å². The van der Waals surface area contributed by atoms with Crippen LogP contribution in [-0.4, -0.2) is 0 Å². The van der Waals surface area contributed by atoms with E-state index in [1.165, 1.54) is 12.2 Å². The lowest BCUT2D eigenvalue weighted by Gasteiger charge is -1.80. The Bertz CT molecular complexity index is 119. The lowest BCUT2D eigenvalue weighted by Crippen LogP contribution is -1.58. The van der Waals surface area contributed by atoms with Crippen molar-refractivity contribution in [2.24, 2.45) is 0 Å². The van der Waals surface area contributed by atoms with Crippen LogP contribution >= 0.6 is 12.6 Å². The third kappa shape index (κ3) is 5.50. The van der Waals surface area contributed by atoms with E-state index in [4.69, 9.17) is 0 Å². The zero-order valence-electron chi connectivity index (χ0n) is 4.39. The minimum atomic E-state index is -0.486. The Morgan fingerprint density at radius 1 is 1.38 bits per heavy atom. The molecule has 44 valence electrons. The van der Waals surface area contributed by atoms with Crippen molar-refractivity contribution >= 4 is 12.6 Å². The van der Waals surface area contributed by atoms with Gasteiger partial charge in [-0.2, -0.15) is 0 Å².